The van der Waals surface area contributed by atoms with Gasteiger partial charge in [-0.05, 0) is 42.1 Å². The van der Waals surface area contributed by atoms with E-state index in [0.717, 1.165) is 32.8 Å². The predicted molar refractivity (Wildman–Crippen MR) is 112 cm³/mol. The molecule has 2 aromatic heterocycles. The van der Waals surface area contributed by atoms with Crippen LogP contribution in [0.4, 0.5) is 0 Å². The maximum atomic E-state index is 12.5. The van der Waals surface area contributed by atoms with Crippen molar-refractivity contribution in [2.45, 2.75) is 6.92 Å². The Kier molecular flexibility index (Phi) is 4.90. The Morgan fingerprint density at radius 1 is 1.25 bits per heavy atom. The number of hydrazone groups is 1. The van der Waals surface area contributed by atoms with Crippen LogP contribution in [0, 0.1) is 6.92 Å². The Labute approximate surface area is 165 Å². The summed E-state index contributed by atoms with van der Waals surface area (Å²) in [6, 6.07) is 15.5. The summed E-state index contributed by atoms with van der Waals surface area (Å²) in [5.74, 6) is 0.439. The van der Waals surface area contributed by atoms with Gasteiger partial charge in [-0.2, -0.15) is 5.10 Å². The molecule has 0 radical (unpaired) electrons. The van der Waals surface area contributed by atoms with Crippen LogP contribution < -0.4 is 10.2 Å². The number of para-hydroxylation sites is 1. The molecule has 2 N–H and O–H groups in total. The first-order chi connectivity index (χ1) is 13.7. The Morgan fingerprint density at radius 3 is 2.96 bits per heavy atom. The molecule has 0 aliphatic heterocycles. The number of carbonyl (C=O) groups is 1. The van der Waals surface area contributed by atoms with Crippen LogP contribution >= 0.6 is 11.3 Å². The van der Waals surface area contributed by atoms with Crippen LogP contribution in [-0.2, 0) is 0 Å². The van der Waals surface area contributed by atoms with Crippen molar-refractivity contribution in [2.75, 3.05) is 7.11 Å². The average molecular weight is 390 g/mol. The van der Waals surface area contributed by atoms with E-state index in [9.17, 15) is 4.79 Å². The van der Waals surface area contributed by atoms with Crippen LogP contribution in [0.15, 0.2) is 59.8 Å². The van der Waals surface area contributed by atoms with Crippen LogP contribution in [0.3, 0.4) is 0 Å². The number of aryl methyl sites for hydroxylation is 1. The molecule has 0 saturated carbocycles. The zero-order chi connectivity index (χ0) is 19.5. The summed E-state index contributed by atoms with van der Waals surface area (Å²) in [4.78, 5) is 20.7. The largest absolute Gasteiger partial charge is 0.496 e. The molecule has 2 heterocycles. The van der Waals surface area contributed by atoms with Gasteiger partial charge in [-0.15, -0.1) is 11.3 Å². The van der Waals surface area contributed by atoms with Gasteiger partial charge in [-0.3, -0.25) is 4.79 Å². The van der Waals surface area contributed by atoms with Gasteiger partial charge in [0.15, 0.2) is 0 Å². The average Bonchev–Trinajstić information content (AvgIpc) is 3.33. The van der Waals surface area contributed by atoms with Gasteiger partial charge in [-0.1, -0.05) is 24.3 Å². The van der Waals surface area contributed by atoms with Crippen molar-refractivity contribution in [3.8, 4) is 16.3 Å². The summed E-state index contributed by atoms with van der Waals surface area (Å²) in [5.41, 5.74) is 6.02. The van der Waals surface area contributed by atoms with Crippen molar-refractivity contribution in [1.29, 1.82) is 0 Å². The second kappa shape index (κ2) is 7.66. The Balaban J connectivity index is 1.51. The number of benzene rings is 2. The van der Waals surface area contributed by atoms with Crippen molar-refractivity contribution in [1.82, 2.24) is 15.4 Å². The second-order valence-electron chi connectivity index (χ2n) is 6.16. The minimum Gasteiger partial charge on any atom is -0.496 e. The number of thiazole rings is 1. The van der Waals surface area contributed by atoms with Gasteiger partial charge in [-0.25, -0.2) is 10.4 Å². The van der Waals surface area contributed by atoms with Crippen molar-refractivity contribution in [3.63, 3.8) is 0 Å². The molecule has 0 unspecified atom stereocenters. The van der Waals surface area contributed by atoms with Gasteiger partial charge < -0.3 is 9.72 Å². The molecule has 6 nitrogen and oxygen atoms in total. The normalized spacial score (nSPS) is 11.2. The van der Waals surface area contributed by atoms with Gasteiger partial charge in [0.25, 0.3) is 5.91 Å². The molecule has 1 amide bonds. The lowest BCUT2D eigenvalue weighted by Gasteiger charge is -2.04. The van der Waals surface area contributed by atoms with E-state index < -0.39 is 0 Å². The molecule has 0 saturated heterocycles. The molecule has 0 spiro atoms. The van der Waals surface area contributed by atoms with Crippen LogP contribution in [0.5, 0.6) is 5.75 Å². The number of methoxy groups -OCH3 is 1. The van der Waals surface area contributed by atoms with Crippen LogP contribution in [0.1, 0.15) is 20.9 Å². The highest BCUT2D eigenvalue weighted by Gasteiger charge is 2.17. The van der Waals surface area contributed by atoms with E-state index in [1.54, 1.807) is 13.3 Å². The van der Waals surface area contributed by atoms with Crippen molar-refractivity contribution in [2.24, 2.45) is 5.10 Å². The van der Waals surface area contributed by atoms with E-state index >= 15 is 0 Å². The van der Waals surface area contributed by atoms with Crippen LogP contribution in [0.25, 0.3) is 21.5 Å². The van der Waals surface area contributed by atoms with Crippen LogP contribution in [-0.4, -0.2) is 29.2 Å². The molecule has 0 aliphatic rings. The highest BCUT2D eigenvalue weighted by atomic mass is 32.1. The van der Waals surface area contributed by atoms with Crippen molar-refractivity contribution >= 4 is 34.4 Å². The number of carbonyl (C=O) groups excluding carboxylic acids is 1. The number of rotatable bonds is 5. The molecule has 2 aromatic carbocycles. The van der Waals surface area contributed by atoms with Crippen molar-refractivity contribution in [3.05, 3.63) is 70.9 Å². The molecule has 0 fully saturated rings. The van der Waals surface area contributed by atoms with E-state index in [4.69, 9.17) is 4.74 Å². The van der Waals surface area contributed by atoms with Gasteiger partial charge in [0.1, 0.15) is 15.6 Å². The predicted octanol–water partition coefficient (Wildman–Crippen LogP) is 4.37. The summed E-state index contributed by atoms with van der Waals surface area (Å²) in [6.45, 7) is 1.81. The van der Waals surface area contributed by atoms with Crippen LogP contribution in [0.2, 0.25) is 0 Å². The third kappa shape index (κ3) is 3.52. The molecule has 0 bridgehead atoms. The number of nitrogens with one attached hydrogen (secondary N) is 2. The van der Waals surface area contributed by atoms with E-state index in [2.05, 4.69) is 20.5 Å². The Hall–Kier alpha value is -3.45. The molecule has 4 rings (SSSR count). The zero-order valence-electron chi connectivity index (χ0n) is 15.4. The minimum atomic E-state index is -0.284. The molecule has 7 heteroatoms. The maximum Gasteiger partial charge on any atom is 0.283 e. The summed E-state index contributed by atoms with van der Waals surface area (Å²) in [6.07, 6.45) is 3.51. The fourth-order valence-corrected chi connectivity index (χ4v) is 3.89. The fourth-order valence-electron chi connectivity index (χ4n) is 2.91. The minimum absolute atomic E-state index is 0.284. The number of H-pyrrole nitrogens is 1. The van der Waals surface area contributed by atoms with E-state index in [0.29, 0.717) is 10.6 Å². The summed E-state index contributed by atoms with van der Waals surface area (Å²) in [5, 5.41) is 5.95. The zero-order valence-corrected chi connectivity index (χ0v) is 16.2. The number of aromatic nitrogens is 2. The van der Waals surface area contributed by atoms with Gasteiger partial charge in [0.2, 0.25) is 0 Å². The Morgan fingerprint density at radius 2 is 2.11 bits per heavy atom. The Bertz CT molecular complexity index is 1180. The molecular formula is C21H18N4O2S. The molecule has 140 valence electrons. The maximum absolute atomic E-state index is 12.5. The monoisotopic (exact) mass is 390 g/mol. The first-order valence-corrected chi connectivity index (χ1v) is 9.49. The first kappa shape index (κ1) is 17.9. The molecule has 28 heavy (non-hydrogen) atoms. The number of hydrogen-bond donors (Lipinski definition) is 2. The summed E-state index contributed by atoms with van der Waals surface area (Å²) < 4.78 is 5.39. The standard InChI is InChI=1S/C21H18N4O2S/c1-13-19(28-21(24-13)16-5-3-4-6-18(16)27-2)20(26)25-23-12-14-7-8-15-9-10-22-17(15)11-14/h3-12,22H,1-2H3,(H,25,26). The highest BCUT2D eigenvalue weighted by molar-refractivity contribution is 7.17. The highest BCUT2D eigenvalue weighted by Crippen LogP contribution is 2.34. The lowest BCUT2D eigenvalue weighted by atomic mass is 10.2. The lowest BCUT2D eigenvalue weighted by molar-refractivity contribution is 0.0958. The lowest BCUT2D eigenvalue weighted by Crippen LogP contribution is -2.17. The van der Waals surface area contributed by atoms with E-state index in [-0.39, 0.29) is 5.91 Å². The number of amides is 1. The molecule has 0 atom stereocenters. The topological polar surface area (TPSA) is 79.4 Å². The quantitative estimate of drug-likeness (QED) is 0.392. The van der Waals surface area contributed by atoms with E-state index in [1.807, 2.05) is 61.7 Å². The third-order valence-corrected chi connectivity index (χ3v) is 5.49. The van der Waals surface area contributed by atoms with E-state index in [1.165, 1.54) is 11.3 Å². The SMILES string of the molecule is COc1ccccc1-c1nc(C)c(C(=O)NN=Cc2ccc3cc[nH]c3c2)s1. The van der Waals surface area contributed by atoms with Gasteiger partial charge >= 0.3 is 0 Å². The summed E-state index contributed by atoms with van der Waals surface area (Å²) >= 11 is 1.32. The number of nitrogens with zero attached hydrogens (tertiary/aromatic N) is 2. The van der Waals surface area contributed by atoms with Crippen molar-refractivity contribution < 1.29 is 9.53 Å². The fraction of sp³-hybridized carbons (Fsp3) is 0.0952. The summed E-state index contributed by atoms with van der Waals surface area (Å²) in [7, 11) is 1.62. The molecular weight excluding hydrogens is 372 g/mol. The number of hydrogen-bond acceptors (Lipinski definition) is 5. The van der Waals surface area contributed by atoms with Gasteiger partial charge in [0, 0.05) is 11.7 Å². The number of aromatic amines is 1. The van der Waals surface area contributed by atoms with Gasteiger partial charge in [0.05, 0.1) is 24.6 Å². The second-order valence-corrected chi connectivity index (χ2v) is 7.16. The molecule has 0 aliphatic carbocycles. The third-order valence-electron chi connectivity index (χ3n) is 4.30. The molecule has 4 aromatic rings. The number of fused-ring (bicyclic) bond motifs is 1. The smallest absolute Gasteiger partial charge is 0.283 e. The first-order valence-electron chi connectivity index (χ1n) is 8.67. The number of ether oxygens (including phenoxy) is 1.